The van der Waals surface area contributed by atoms with E-state index in [2.05, 4.69) is 5.32 Å². The fraction of sp³-hybridized carbons (Fsp3) is 0.435. The van der Waals surface area contributed by atoms with Crippen LogP contribution in [0.3, 0.4) is 0 Å². The van der Waals surface area contributed by atoms with Crippen molar-refractivity contribution >= 4 is 21.7 Å². The third kappa shape index (κ3) is 6.09. The molecule has 1 heterocycles. The molecule has 1 N–H and O–H groups in total. The Hall–Kier alpha value is -2.60. The molecule has 3 rings (SSSR count). The maximum absolute atomic E-state index is 13.8. The highest BCUT2D eigenvalue weighted by atomic mass is 32.2. The van der Waals surface area contributed by atoms with E-state index in [0.29, 0.717) is 31.6 Å². The van der Waals surface area contributed by atoms with Gasteiger partial charge in [0.15, 0.2) is 6.29 Å². The SMILES string of the molecule is COC(OC)C1CCN(S(=O)(=O)c2ccc(NC(=O)N(C)Cc3cc(F)ccc3F)cc2)CC1. The van der Waals surface area contributed by atoms with Gasteiger partial charge in [-0.05, 0) is 55.3 Å². The molecular weight excluding hydrogens is 468 g/mol. The van der Waals surface area contributed by atoms with Crippen LogP contribution in [0.4, 0.5) is 19.3 Å². The van der Waals surface area contributed by atoms with Crippen molar-refractivity contribution in [1.82, 2.24) is 9.21 Å². The Bertz CT molecular complexity index is 1090. The summed E-state index contributed by atoms with van der Waals surface area (Å²) in [4.78, 5) is 13.7. The van der Waals surface area contributed by atoms with Gasteiger partial charge >= 0.3 is 6.03 Å². The van der Waals surface area contributed by atoms with E-state index in [1.54, 1.807) is 14.2 Å². The fourth-order valence-corrected chi connectivity index (χ4v) is 5.41. The monoisotopic (exact) mass is 497 g/mol. The predicted molar refractivity (Wildman–Crippen MR) is 123 cm³/mol. The number of halogens is 2. The average Bonchev–Trinajstić information content (AvgIpc) is 2.83. The Morgan fingerprint density at radius 2 is 1.74 bits per heavy atom. The van der Waals surface area contributed by atoms with Gasteiger partial charge in [-0.3, -0.25) is 0 Å². The first-order valence-electron chi connectivity index (χ1n) is 10.8. The highest BCUT2D eigenvalue weighted by Crippen LogP contribution is 2.27. The molecule has 1 fully saturated rings. The Morgan fingerprint density at radius 3 is 2.32 bits per heavy atom. The molecule has 11 heteroatoms. The lowest BCUT2D eigenvalue weighted by Crippen LogP contribution is -2.42. The van der Waals surface area contributed by atoms with Crippen LogP contribution in [0.25, 0.3) is 0 Å². The van der Waals surface area contributed by atoms with Gasteiger partial charge in [-0.2, -0.15) is 4.31 Å². The summed E-state index contributed by atoms with van der Waals surface area (Å²) >= 11 is 0. The number of nitrogens with one attached hydrogen (secondary N) is 1. The number of ether oxygens (including phenoxy) is 2. The molecule has 0 aliphatic carbocycles. The number of hydrogen-bond donors (Lipinski definition) is 1. The Morgan fingerprint density at radius 1 is 1.12 bits per heavy atom. The zero-order chi connectivity index (χ0) is 24.9. The molecule has 0 atom stereocenters. The summed E-state index contributed by atoms with van der Waals surface area (Å²) in [5.41, 5.74) is 0.419. The number of benzene rings is 2. The van der Waals surface area contributed by atoms with Gasteiger partial charge in [0.1, 0.15) is 11.6 Å². The molecule has 34 heavy (non-hydrogen) atoms. The second-order valence-electron chi connectivity index (χ2n) is 8.13. The van der Waals surface area contributed by atoms with Crippen molar-refractivity contribution in [3.05, 3.63) is 59.7 Å². The van der Waals surface area contributed by atoms with Crippen LogP contribution in [-0.2, 0) is 26.0 Å². The minimum atomic E-state index is -3.68. The molecule has 0 unspecified atom stereocenters. The second kappa shape index (κ2) is 11.2. The number of amides is 2. The van der Waals surface area contributed by atoms with Gasteiger partial charge in [0.2, 0.25) is 10.0 Å². The number of urea groups is 1. The van der Waals surface area contributed by atoms with Crippen molar-refractivity contribution in [3.8, 4) is 0 Å². The van der Waals surface area contributed by atoms with Crippen molar-refractivity contribution in [1.29, 1.82) is 0 Å². The number of piperidine rings is 1. The summed E-state index contributed by atoms with van der Waals surface area (Å²) in [6, 6.07) is 8.32. The van der Waals surface area contributed by atoms with Crippen LogP contribution in [-0.4, -0.2) is 64.3 Å². The first-order valence-corrected chi connectivity index (χ1v) is 12.2. The molecule has 2 amide bonds. The lowest BCUT2D eigenvalue weighted by atomic mass is 9.97. The van der Waals surface area contributed by atoms with Gasteiger partial charge in [-0.1, -0.05) is 0 Å². The molecule has 0 spiro atoms. The van der Waals surface area contributed by atoms with E-state index in [4.69, 9.17) is 9.47 Å². The maximum atomic E-state index is 13.8. The molecule has 2 aromatic rings. The molecule has 8 nitrogen and oxygen atoms in total. The summed E-state index contributed by atoms with van der Waals surface area (Å²) in [5, 5.41) is 2.62. The zero-order valence-corrected chi connectivity index (χ0v) is 20.1. The minimum absolute atomic E-state index is 0.0465. The molecule has 0 saturated carbocycles. The van der Waals surface area contributed by atoms with Gasteiger partial charge in [0, 0.05) is 51.5 Å². The van der Waals surface area contributed by atoms with Crippen molar-refractivity contribution < 1.29 is 31.5 Å². The van der Waals surface area contributed by atoms with Crippen LogP contribution < -0.4 is 5.32 Å². The number of rotatable bonds is 8. The smallest absolute Gasteiger partial charge is 0.321 e. The van der Waals surface area contributed by atoms with Gasteiger partial charge in [-0.25, -0.2) is 22.0 Å². The van der Waals surface area contributed by atoms with Gasteiger partial charge < -0.3 is 19.7 Å². The molecule has 0 aromatic heterocycles. The van der Waals surface area contributed by atoms with Crippen LogP contribution in [0.15, 0.2) is 47.4 Å². The van der Waals surface area contributed by atoms with Crippen LogP contribution in [0.2, 0.25) is 0 Å². The normalized spacial score (nSPS) is 15.5. The first-order chi connectivity index (χ1) is 16.1. The first kappa shape index (κ1) is 26.0. The number of sulfonamides is 1. The highest BCUT2D eigenvalue weighted by Gasteiger charge is 2.32. The van der Waals surface area contributed by atoms with Gasteiger partial charge in [0.25, 0.3) is 0 Å². The van der Waals surface area contributed by atoms with E-state index in [1.165, 1.54) is 40.5 Å². The van der Waals surface area contributed by atoms with E-state index in [1.807, 2.05) is 0 Å². The topological polar surface area (TPSA) is 88.2 Å². The largest absolute Gasteiger partial charge is 0.356 e. The number of carbonyl (C=O) groups is 1. The van der Waals surface area contributed by atoms with E-state index < -0.39 is 27.7 Å². The molecular formula is C23H29F2N3O5S. The number of anilines is 1. The second-order valence-corrected chi connectivity index (χ2v) is 10.1. The Balaban J connectivity index is 1.60. The molecule has 1 aliphatic heterocycles. The summed E-state index contributed by atoms with van der Waals surface area (Å²) < 4.78 is 65.2. The fourth-order valence-electron chi connectivity index (χ4n) is 3.94. The van der Waals surface area contributed by atoms with Crippen molar-refractivity contribution in [3.63, 3.8) is 0 Å². The number of methoxy groups -OCH3 is 2. The van der Waals surface area contributed by atoms with Crippen LogP contribution in [0, 0.1) is 17.6 Å². The van der Waals surface area contributed by atoms with Crippen molar-refractivity contribution in [2.24, 2.45) is 5.92 Å². The standard InChI is InChI=1S/C23H29F2N3O5S/c1-27(15-17-14-18(24)4-9-21(17)25)23(29)26-19-5-7-20(8-6-19)34(30,31)28-12-10-16(11-13-28)22(32-2)33-3/h4-9,14,16,22H,10-13,15H2,1-3H3,(H,26,29). The predicted octanol–water partition coefficient (Wildman–Crippen LogP) is 3.65. The molecule has 186 valence electrons. The molecule has 1 aliphatic rings. The number of hydrogen-bond acceptors (Lipinski definition) is 5. The van der Waals surface area contributed by atoms with Crippen molar-refractivity contribution in [2.45, 2.75) is 30.6 Å². The summed E-state index contributed by atoms with van der Waals surface area (Å²) in [7, 11) is 0.889. The van der Waals surface area contributed by atoms with E-state index in [0.717, 1.165) is 18.2 Å². The van der Waals surface area contributed by atoms with E-state index in [9.17, 15) is 22.0 Å². The van der Waals surface area contributed by atoms with Gasteiger partial charge in [-0.15, -0.1) is 0 Å². The molecule has 0 radical (unpaired) electrons. The Kier molecular flexibility index (Phi) is 8.58. The molecule has 1 saturated heterocycles. The van der Waals surface area contributed by atoms with Crippen molar-refractivity contribution in [2.75, 3.05) is 39.7 Å². The Labute approximate surface area is 198 Å². The number of carbonyl (C=O) groups excluding carboxylic acids is 1. The van der Waals surface area contributed by atoms with Crippen LogP contribution >= 0.6 is 0 Å². The van der Waals surface area contributed by atoms with Crippen LogP contribution in [0.5, 0.6) is 0 Å². The third-order valence-electron chi connectivity index (χ3n) is 5.85. The van der Waals surface area contributed by atoms with E-state index in [-0.39, 0.29) is 29.2 Å². The summed E-state index contributed by atoms with van der Waals surface area (Å²) in [6.45, 7) is 0.580. The minimum Gasteiger partial charge on any atom is -0.356 e. The third-order valence-corrected chi connectivity index (χ3v) is 7.77. The average molecular weight is 498 g/mol. The maximum Gasteiger partial charge on any atom is 0.321 e. The van der Waals surface area contributed by atoms with Gasteiger partial charge in [0.05, 0.1) is 11.4 Å². The van der Waals surface area contributed by atoms with E-state index >= 15 is 0 Å². The quantitative estimate of drug-likeness (QED) is 0.563. The molecule has 2 aromatic carbocycles. The summed E-state index contributed by atoms with van der Waals surface area (Å²) in [5.74, 6) is -1.08. The highest BCUT2D eigenvalue weighted by molar-refractivity contribution is 7.89. The van der Waals surface area contributed by atoms with Crippen LogP contribution in [0.1, 0.15) is 18.4 Å². The zero-order valence-electron chi connectivity index (χ0n) is 19.3. The lowest BCUT2D eigenvalue weighted by molar-refractivity contribution is -0.144. The molecule has 0 bridgehead atoms. The number of nitrogens with zero attached hydrogens (tertiary/aromatic N) is 2. The summed E-state index contributed by atoms with van der Waals surface area (Å²) in [6.07, 6.45) is 0.888. The lowest BCUT2D eigenvalue weighted by Gasteiger charge is -2.34.